The molecule has 1 aliphatic rings. The minimum Gasteiger partial charge on any atom is -0.493 e. The minimum absolute atomic E-state index is 0.150. The molecule has 0 aliphatic carbocycles. The molecule has 0 bridgehead atoms. The molecule has 3 heteroatoms. The van der Waals surface area contributed by atoms with Gasteiger partial charge in [-0.2, -0.15) is 0 Å². The normalized spacial score (nSPS) is 15.0. The molecular weight excluding hydrogens is 334 g/mol. The molecule has 0 unspecified atom stereocenters. The molecule has 0 aromatic heterocycles. The predicted molar refractivity (Wildman–Crippen MR) is 113 cm³/mol. The quantitative estimate of drug-likeness (QED) is 0.579. The predicted octanol–water partition coefficient (Wildman–Crippen LogP) is 5.93. The monoisotopic (exact) mass is 357 g/mol. The van der Waals surface area contributed by atoms with Gasteiger partial charge < -0.3 is 9.47 Å². The molecule has 3 aromatic rings. The van der Waals surface area contributed by atoms with Crippen LogP contribution in [0, 0.1) is 0 Å². The van der Waals surface area contributed by atoms with Gasteiger partial charge in [-0.25, -0.2) is 0 Å². The zero-order chi connectivity index (χ0) is 19.0. The van der Waals surface area contributed by atoms with Crippen LogP contribution in [0.25, 0.3) is 16.8 Å². The van der Waals surface area contributed by atoms with Crippen LogP contribution in [0.5, 0.6) is 11.5 Å². The Balaban J connectivity index is 1.71. The standard InChI is InChI=1S/C24H23NO2/c1-24(2)22(14-10-16-9-13-20(26-3)21(15-16)27-4)25-19-12-11-17-7-5-6-8-18(17)23(19)24/h5-15H,1-4H3/b14-10-. The van der Waals surface area contributed by atoms with Gasteiger partial charge in [-0.3, -0.25) is 4.99 Å². The Kier molecular flexibility index (Phi) is 4.23. The highest BCUT2D eigenvalue weighted by Gasteiger charge is 2.34. The van der Waals surface area contributed by atoms with Crippen LogP contribution in [0.15, 0.2) is 65.7 Å². The van der Waals surface area contributed by atoms with Gasteiger partial charge in [0.1, 0.15) is 0 Å². The second-order valence-electron chi connectivity index (χ2n) is 7.25. The van der Waals surface area contributed by atoms with Crippen LogP contribution in [0.1, 0.15) is 25.0 Å². The lowest BCUT2D eigenvalue weighted by Gasteiger charge is -2.22. The minimum atomic E-state index is -0.150. The topological polar surface area (TPSA) is 30.8 Å². The number of hydrogen-bond acceptors (Lipinski definition) is 3. The Bertz CT molecular complexity index is 1080. The van der Waals surface area contributed by atoms with Gasteiger partial charge in [0.05, 0.1) is 25.6 Å². The molecular formula is C24H23NO2. The third-order valence-electron chi connectivity index (χ3n) is 5.25. The second kappa shape index (κ2) is 6.58. The summed E-state index contributed by atoms with van der Waals surface area (Å²) in [6, 6.07) is 18.7. The van der Waals surface area contributed by atoms with Crippen molar-refractivity contribution in [2.24, 2.45) is 4.99 Å². The average molecular weight is 357 g/mol. The van der Waals surface area contributed by atoms with E-state index in [0.717, 1.165) is 28.5 Å². The Morgan fingerprint density at radius 2 is 1.63 bits per heavy atom. The second-order valence-corrected chi connectivity index (χ2v) is 7.25. The van der Waals surface area contributed by atoms with Crippen LogP contribution in [0.4, 0.5) is 5.69 Å². The summed E-state index contributed by atoms with van der Waals surface area (Å²) in [4.78, 5) is 4.92. The third-order valence-corrected chi connectivity index (χ3v) is 5.25. The summed E-state index contributed by atoms with van der Waals surface area (Å²) in [5.41, 5.74) is 4.32. The number of rotatable bonds is 4. The molecule has 27 heavy (non-hydrogen) atoms. The fourth-order valence-corrected chi connectivity index (χ4v) is 3.78. The Morgan fingerprint density at radius 1 is 0.852 bits per heavy atom. The van der Waals surface area contributed by atoms with E-state index in [1.165, 1.54) is 16.3 Å². The number of benzene rings is 3. The van der Waals surface area contributed by atoms with Gasteiger partial charge >= 0.3 is 0 Å². The van der Waals surface area contributed by atoms with Gasteiger partial charge in [-0.05, 0) is 46.2 Å². The van der Waals surface area contributed by atoms with E-state index >= 15 is 0 Å². The molecule has 0 saturated heterocycles. The lowest BCUT2D eigenvalue weighted by Crippen LogP contribution is -2.24. The number of nitrogens with zero attached hydrogens (tertiary/aromatic N) is 1. The number of allylic oxidation sites excluding steroid dienone is 1. The molecule has 0 radical (unpaired) electrons. The largest absolute Gasteiger partial charge is 0.493 e. The van der Waals surface area contributed by atoms with Gasteiger partial charge in [0.15, 0.2) is 11.5 Å². The van der Waals surface area contributed by atoms with E-state index in [1.807, 2.05) is 18.2 Å². The van der Waals surface area contributed by atoms with Crippen molar-refractivity contribution in [1.29, 1.82) is 0 Å². The van der Waals surface area contributed by atoms with E-state index in [0.29, 0.717) is 0 Å². The van der Waals surface area contributed by atoms with Crippen LogP contribution in [-0.2, 0) is 5.41 Å². The van der Waals surface area contributed by atoms with Crippen LogP contribution in [0.2, 0.25) is 0 Å². The van der Waals surface area contributed by atoms with Crippen molar-refractivity contribution in [1.82, 2.24) is 0 Å². The smallest absolute Gasteiger partial charge is 0.161 e. The lowest BCUT2D eigenvalue weighted by atomic mass is 9.79. The van der Waals surface area contributed by atoms with Crippen molar-refractivity contribution in [3.05, 3.63) is 71.8 Å². The van der Waals surface area contributed by atoms with Crippen molar-refractivity contribution in [3.63, 3.8) is 0 Å². The summed E-state index contributed by atoms with van der Waals surface area (Å²) in [6.45, 7) is 4.48. The summed E-state index contributed by atoms with van der Waals surface area (Å²) < 4.78 is 10.7. The number of fused-ring (bicyclic) bond motifs is 3. The van der Waals surface area contributed by atoms with Gasteiger partial charge in [0.25, 0.3) is 0 Å². The van der Waals surface area contributed by atoms with E-state index in [9.17, 15) is 0 Å². The van der Waals surface area contributed by atoms with Gasteiger partial charge in [-0.1, -0.05) is 56.3 Å². The van der Waals surface area contributed by atoms with Gasteiger partial charge in [-0.15, -0.1) is 0 Å². The van der Waals surface area contributed by atoms with Crippen LogP contribution in [-0.4, -0.2) is 19.9 Å². The summed E-state index contributed by atoms with van der Waals surface area (Å²) in [5, 5.41) is 2.53. The van der Waals surface area contributed by atoms with Crippen molar-refractivity contribution in [2.75, 3.05) is 14.2 Å². The summed E-state index contributed by atoms with van der Waals surface area (Å²) in [5.74, 6) is 1.45. The molecule has 0 spiro atoms. The molecule has 0 saturated carbocycles. The molecule has 1 aliphatic heterocycles. The van der Waals surface area contributed by atoms with E-state index < -0.39 is 0 Å². The number of aliphatic imine (C=N–C) groups is 1. The van der Waals surface area contributed by atoms with E-state index in [2.05, 4.69) is 62.4 Å². The van der Waals surface area contributed by atoms with Gasteiger partial charge in [0.2, 0.25) is 0 Å². The highest BCUT2D eigenvalue weighted by Crippen LogP contribution is 2.44. The van der Waals surface area contributed by atoms with Crippen molar-refractivity contribution in [3.8, 4) is 11.5 Å². The van der Waals surface area contributed by atoms with E-state index in [1.54, 1.807) is 14.2 Å². The van der Waals surface area contributed by atoms with Crippen molar-refractivity contribution < 1.29 is 9.47 Å². The van der Waals surface area contributed by atoms with Crippen LogP contribution >= 0.6 is 0 Å². The lowest BCUT2D eigenvalue weighted by molar-refractivity contribution is 0.355. The molecule has 0 atom stereocenters. The number of hydrogen-bond donors (Lipinski definition) is 0. The zero-order valence-electron chi connectivity index (χ0n) is 16.1. The van der Waals surface area contributed by atoms with E-state index in [-0.39, 0.29) is 5.41 Å². The third kappa shape index (κ3) is 2.89. The van der Waals surface area contributed by atoms with E-state index in [4.69, 9.17) is 14.5 Å². The Labute approximate surface area is 160 Å². The van der Waals surface area contributed by atoms with Crippen molar-refractivity contribution >= 4 is 28.2 Å². The van der Waals surface area contributed by atoms with Crippen LogP contribution < -0.4 is 9.47 Å². The highest BCUT2D eigenvalue weighted by molar-refractivity contribution is 6.13. The van der Waals surface area contributed by atoms with Gasteiger partial charge in [0, 0.05) is 5.41 Å². The molecule has 0 fully saturated rings. The summed E-state index contributed by atoms with van der Waals surface area (Å²) in [7, 11) is 3.29. The molecule has 0 amide bonds. The maximum atomic E-state index is 5.40. The first-order valence-corrected chi connectivity index (χ1v) is 9.06. The SMILES string of the molecule is COc1ccc(/C=C\C2=Nc3ccc4ccccc4c3C2(C)C)cc1OC. The molecule has 3 aromatic carbocycles. The maximum absolute atomic E-state index is 5.40. The molecule has 1 heterocycles. The van der Waals surface area contributed by atoms with Crippen LogP contribution in [0.3, 0.4) is 0 Å². The fourth-order valence-electron chi connectivity index (χ4n) is 3.78. The Hall–Kier alpha value is -3.07. The first kappa shape index (κ1) is 17.3. The highest BCUT2D eigenvalue weighted by atomic mass is 16.5. The molecule has 136 valence electrons. The maximum Gasteiger partial charge on any atom is 0.161 e. The average Bonchev–Trinajstić information content (AvgIpc) is 2.96. The summed E-state index contributed by atoms with van der Waals surface area (Å²) >= 11 is 0. The molecule has 4 rings (SSSR count). The first-order chi connectivity index (χ1) is 13.0. The number of methoxy groups -OCH3 is 2. The summed E-state index contributed by atoms with van der Waals surface area (Å²) in [6.07, 6.45) is 4.19. The zero-order valence-corrected chi connectivity index (χ0v) is 16.1. The Morgan fingerprint density at radius 3 is 2.41 bits per heavy atom. The van der Waals surface area contributed by atoms with Crippen molar-refractivity contribution in [2.45, 2.75) is 19.3 Å². The number of ether oxygens (including phenoxy) is 2. The molecule has 3 nitrogen and oxygen atoms in total. The molecule has 0 N–H and O–H groups in total. The fraction of sp³-hybridized carbons (Fsp3) is 0.208. The first-order valence-electron chi connectivity index (χ1n) is 9.06.